The third kappa shape index (κ3) is 3.00. The lowest BCUT2D eigenvalue weighted by atomic mass is 10.2. The second kappa shape index (κ2) is 6.55. The monoisotopic (exact) mass is 292 g/mol. The third-order valence-corrected chi connectivity index (χ3v) is 4.16. The number of carbonyl (C=O) groups excluding carboxylic acids is 2. The van der Waals surface area contributed by atoms with Crippen LogP contribution in [0, 0.1) is 11.8 Å². The van der Waals surface area contributed by atoms with Crippen LogP contribution in [0.15, 0.2) is 12.1 Å². The highest BCUT2D eigenvalue weighted by Gasteiger charge is 2.34. The van der Waals surface area contributed by atoms with Crippen LogP contribution in [0.3, 0.4) is 0 Å². The van der Waals surface area contributed by atoms with Gasteiger partial charge < -0.3 is 15.3 Å². The SMILES string of the molecule is CNC(=O)C1CCCN1C(=O)c1ccc(C#CCO)s1. The van der Waals surface area contributed by atoms with Crippen molar-refractivity contribution in [2.24, 2.45) is 0 Å². The van der Waals surface area contributed by atoms with E-state index in [1.165, 1.54) is 11.3 Å². The van der Waals surface area contributed by atoms with Crippen LogP contribution in [0.2, 0.25) is 0 Å². The first-order valence-corrected chi connectivity index (χ1v) is 7.21. The number of nitrogens with zero attached hydrogens (tertiary/aromatic N) is 1. The van der Waals surface area contributed by atoms with E-state index in [-0.39, 0.29) is 24.5 Å². The topological polar surface area (TPSA) is 69.6 Å². The molecule has 0 spiro atoms. The smallest absolute Gasteiger partial charge is 0.264 e. The Morgan fingerprint density at radius 2 is 2.35 bits per heavy atom. The number of carbonyl (C=O) groups is 2. The van der Waals surface area contributed by atoms with Gasteiger partial charge in [0.2, 0.25) is 5.91 Å². The highest BCUT2D eigenvalue weighted by Crippen LogP contribution is 2.24. The van der Waals surface area contributed by atoms with Crippen molar-refractivity contribution in [1.29, 1.82) is 0 Å². The van der Waals surface area contributed by atoms with Gasteiger partial charge in [0.05, 0.1) is 9.75 Å². The summed E-state index contributed by atoms with van der Waals surface area (Å²) in [6, 6.07) is 3.10. The zero-order chi connectivity index (χ0) is 14.5. The van der Waals surface area contributed by atoms with Crippen molar-refractivity contribution in [2.45, 2.75) is 18.9 Å². The van der Waals surface area contributed by atoms with Crippen LogP contribution in [0.4, 0.5) is 0 Å². The molecule has 0 aliphatic carbocycles. The van der Waals surface area contributed by atoms with Crippen LogP contribution in [-0.2, 0) is 4.79 Å². The maximum atomic E-state index is 12.4. The van der Waals surface area contributed by atoms with E-state index < -0.39 is 0 Å². The fourth-order valence-electron chi connectivity index (χ4n) is 2.24. The summed E-state index contributed by atoms with van der Waals surface area (Å²) in [5.41, 5.74) is 0. The van der Waals surface area contributed by atoms with Crippen molar-refractivity contribution in [3.05, 3.63) is 21.9 Å². The van der Waals surface area contributed by atoms with Crippen molar-refractivity contribution in [2.75, 3.05) is 20.2 Å². The molecule has 0 bridgehead atoms. The quantitative estimate of drug-likeness (QED) is 0.777. The molecule has 0 saturated carbocycles. The van der Waals surface area contributed by atoms with Crippen molar-refractivity contribution < 1.29 is 14.7 Å². The summed E-state index contributed by atoms with van der Waals surface area (Å²) in [7, 11) is 1.58. The number of thiophene rings is 1. The number of aliphatic hydroxyl groups is 1. The van der Waals surface area contributed by atoms with Crippen LogP contribution >= 0.6 is 11.3 Å². The molecule has 5 nitrogen and oxygen atoms in total. The van der Waals surface area contributed by atoms with Gasteiger partial charge in [-0.2, -0.15) is 0 Å². The minimum atomic E-state index is -0.374. The average Bonchev–Trinajstić information content (AvgIpc) is 3.12. The molecular weight excluding hydrogens is 276 g/mol. The van der Waals surface area contributed by atoms with Gasteiger partial charge in [-0.1, -0.05) is 11.8 Å². The number of hydrogen-bond acceptors (Lipinski definition) is 4. The fraction of sp³-hybridized carbons (Fsp3) is 0.429. The van der Waals surface area contributed by atoms with Crippen molar-refractivity contribution in [3.8, 4) is 11.8 Å². The largest absolute Gasteiger partial charge is 0.384 e. The van der Waals surface area contributed by atoms with E-state index in [2.05, 4.69) is 17.2 Å². The van der Waals surface area contributed by atoms with E-state index >= 15 is 0 Å². The predicted octanol–water partition coefficient (Wildman–Crippen LogP) is 0.442. The zero-order valence-corrected chi connectivity index (χ0v) is 12.0. The van der Waals surface area contributed by atoms with Gasteiger partial charge in [0, 0.05) is 13.6 Å². The molecule has 6 heteroatoms. The number of rotatable bonds is 2. The number of aliphatic hydroxyl groups excluding tert-OH is 1. The van der Waals surface area contributed by atoms with E-state index in [4.69, 9.17) is 5.11 Å². The molecule has 1 atom stereocenters. The molecule has 1 aromatic heterocycles. The highest BCUT2D eigenvalue weighted by molar-refractivity contribution is 7.14. The van der Waals surface area contributed by atoms with Crippen LogP contribution in [0.25, 0.3) is 0 Å². The number of hydrogen-bond donors (Lipinski definition) is 2. The summed E-state index contributed by atoms with van der Waals surface area (Å²) in [4.78, 5) is 27.1. The number of amides is 2. The molecule has 106 valence electrons. The van der Waals surface area contributed by atoms with Crippen LogP contribution in [0.1, 0.15) is 27.4 Å². The standard InChI is InChI=1S/C14H16N2O3S/c1-15-13(18)11-5-2-8-16(11)14(19)12-7-6-10(20-12)4-3-9-17/h6-7,11,17H,2,5,8-9H2,1H3,(H,15,18). The molecule has 2 N–H and O–H groups in total. The second-order valence-electron chi connectivity index (χ2n) is 4.39. The molecule has 1 saturated heterocycles. The lowest BCUT2D eigenvalue weighted by Gasteiger charge is -2.22. The summed E-state index contributed by atoms with van der Waals surface area (Å²) >= 11 is 1.28. The molecule has 2 rings (SSSR count). The van der Waals surface area contributed by atoms with Gasteiger partial charge in [0.15, 0.2) is 0 Å². The summed E-state index contributed by atoms with van der Waals surface area (Å²) in [5.74, 6) is 5.08. The van der Waals surface area contributed by atoms with Gasteiger partial charge in [-0.25, -0.2) is 0 Å². The van der Waals surface area contributed by atoms with Gasteiger partial charge in [-0.3, -0.25) is 9.59 Å². The Morgan fingerprint density at radius 3 is 3.05 bits per heavy atom. The lowest BCUT2D eigenvalue weighted by Crippen LogP contribution is -2.44. The van der Waals surface area contributed by atoms with Gasteiger partial charge >= 0.3 is 0 Å². The van der Waals surface area contributed by atoms with Crippen LogP contribution < -0.4 is 5.32 Å². The lowest BCUT2D eigenvalue weighted by molar-refractivity contribution is -0.124. The molecule has 20 heavy (non-hydrogen) atoms. The minimum absolute atomic E-state index is 0.118. The number of likely N-dealkylation sites (N-methyl/N-ethyl adjacent to an activating group) is 1. The molecule has 1 unspecified atom stereocenters. The molecule has 2 heterocycles. The molecule has 1 fully saturated rings. The number of nitrogens with one attached hydrogen (secondary N) is 1. The van der Waals surface area contributed by atoms with Gasteiger partial charge in [0.1, 0.15) is 12.6 Å². The first-order valence-electron chi connectivity index (χ1n) is 6.39. The predicted molar refractivity (Wildman–Crippen MR) is 76.4 cm³/mol. The Kier molecular flexibility index (Phi) is 4.77. The maximum absolute atomic E-state index is 12.4. The molecule has 1 aromatic rings. The zero-order valence-electron chi connectivity index (χ0n) is 11.2. The maximum Gasteiger partial charge on any atom is 0.264 e. The van der Waals surface area contributed by atoms with Gasteiger partial charge in [-0.15, -0.1) is 11.3 Å². The Bertz CT molecular complexity index is 570. The van der Waals surface area contributed by atoms with E-state index in [0.29, 0.717) is 17.8 Å². The summed E-state index contributed by atoms with van der Waals surface area (Å²) in [6.07, 6.45) is 1.54. The molecule has 1 aliphatic rings. The first-order chi connectivity index (χ1) is 9.67. The molecular formula is C14H16N2O3S. The highest BCUT2D eigenvalue weighted by atomic mass is 32.1. The van der Waals surface area contributed by atoms with Gasteiger partial charge in [0.25, 0.3) is 5.91 Å². The Labute approximate surface area is 121 Å². The van der Waals surface area contributed by atoms with Crippen LogP contribution in [0.5, 0.6) is 0 Å². The van der Waals surface area contributed by atoms with E-state index in [1.807, 2.05) is 0 Å². The minimum Gasteiger partial charge on any atom is -0.384 e. The Hall–Kier alpha value is -1.84. The third-order valence-electron chi connectivity index (χ3n) is 3.17. The van der Waals surface area contributed by atoms with E-state index in [1.54, 1.807) is 24.1 Å². The average molecular weight is 292 g/mol. The second-order valence-corrected chi connectivity index (χ2v) is 5.48. The van der Waals surface area contributed by atoms with Crippen molar-refractivity contribution >= 4 is 23.2 Å². The summed E-state index contributed by atoms with van der Waals surface area (Å²) in [6.45, 7) is 0.401. The molecule has 0 aromatic carbocycles. The first kappa shape index (κ1) is 14.6. The van der Waals surface area contributed by atoms with E-state index in [0.717, 1.165) is 11.3 Å². The van der Waals surface area contributed by atoms with E-state index in [9.17, 15) is 9.59 Å². The summed E-state index contributed by atoms with van der Waals surface area (Å²) < 4.78 is 0. The summed E-state index contributed by atoms with van der Waals surface area (Å²) in [5, 5.41) is 11.2. The van der Waals surface area contributed by atoms with Crippen molar-refractivity contribution in [3.63, 3.8) is 0 Å². The molecule has 2 amide bonds. The Morgan fingerprint density at radius 1 is 1.55 bits per heavy atom. The van der Waals surface area contributed by atoms with Crippen LogP contribution in [-0.4, -0.2) is 48.1 Å². The molecule has 0 radical (unpaired) electrons. The normalized spacial score (nSPS) is 17.5. The molecule has 1 aliphatic heterocycles. The van der Waals surface area contributed by atoms with Crippen molar-refractivity contribution in [1.82, 2.24) is 10.2 Å². The Balaban J connectivity index is 2.14. The fourth-order valence-corrected chi connectivity index (χ4v) is 3.07. The van der Waals surface area contributed by atoms with Gasteiger partial charge in [-0.05, 0) is 25.0 Å². The number of likely N-dealkylation sites (tertiary alicyclic amines) is 1.